The summed E-state index contributed by atoms with van der Waals surface area (Å²) in [7, 11) is 1.75. The van der Waals surface area contributed by atoms with E-state index in [1.165, 1.54) is 19.3 Å². The molecule has 1 aliphatic heterocycles. The standard InChI is InChI=1S/C13H27NO2/c1-12(2)10-13(4-7-16-8-5-13)11-14-6-9-15-3/h12,14H,4-11H2,1-3H3. The fraction of sp³-hybridized carbons (Fsp3) is 1.00. The van der Waals surface area contributed by atoms with E-state index in [-0.39, 0.29) is 0 Å². The lowest BCUT2D eigenvalue weighted by molar-refractivity contribution is 0.00381. The highest BCUT2D eigenvalue weighted by Gasteiger charge is 2.32. The number of ether oxygens (including phenoxy) is 2. The van der Waals surface area contributed by atoms with Crippen molar-refractivity contribution in [1.29, 1.82) is 0 Å². The average molecular weight is 229 g/mol. The van der Waals surface area contributed by atoms with Crippen LogP contribution in [0.25, 0.3) is 0 Å². The molecular formula is C13H27NO2. The lowest BCUT2D eigenvalue weighted by atomic mass is 9.74. The molecular weight excluding hydrogens is 202 g/mol. The van der Waals surface area contributed by atoms with Gasteiger partial charge in [-0.25, -0.2) is 0 Å². The van der Waals surface area contributed by atoms with E-state index < -0.39 is 0 Å². The summed E-state index contributed by atoms with van der Waals surface area (Å²) < 4.78 is 10.5. The maximum atomic E-state index is 5.48. The van der Waals surface area contributed by atoms with Gasteiger partial charge < -0.3 is 14.8 Å². The van der Waals surface area contributed by atoms with E-state index >= 15 is 0 Å². The Morgan fingerprint density at radius 2 is 2.00 bits per heavy atom. The topological polar surface area (TPSA) is 30.5 Å². The van der Waals surface area contributed by atoms with E-state index in [1.54, 1.807) is 7.11 Å². The van der Waals surface area contributed by atoms with Crippen molar-refractivity contribution in [3.05, 3.63) is 0 Å². The Balaban J connectivity index is 2.36. The van der Waals surface area contributed by atoms with Crippen molar-refractivity contribution in [2.75, 3.05) is 40.0 Å². The molecule has 0 saturated carbocycles. The number of hydrogen-bond acceptors (Lipinski definition) is 3. The third-order valence-electron chi connectivity index (χ3n) is 3.38. The van der Waals surface area contributed by atoms with E-state index in [4.69, 9.17) is 9.47 Å². The molecule has 3 nitrogen and oxygen atoms in total. The van der Waals surface area contributed by atoms with Gasteiger partial charge in [0.15, 0.2) is 0 Å². The van der Waals surface area contributed by atoms with Crippen molar-refractivity contribution < 1.29 is 9.47 Å². The van der Waals surface area contributed by atoms with Crippen LogP contribution in [-0.2, 0) is 9.47 Å². The predicted octanol–water partition coefficient (Wildman–Crippen LogP) is 2.07. The molecule has 16 heavy (non-hydrogen) atoms. The van der Waals surface area contributed by atoms with Gasteiger partial charge >= 0.3 is 0 Å². The van der Waals surface area contributed by atoms with Gasteiger partial charge in [0.25, 0.3) is 0 Å². The number of rotatable bonds is 7. The molecule has 0 aromatic carbocycles. The van der Waals surface area contributed by atoms with Gasteiger partial charge in [-0.05, 0) is 30.6 Å². The van der Waals surface area contributed by atoms with Gasteiger partial charge in [-0.2, -0.15) is 0 Å². The lowest BCUT2D eigenvalue weighted by Gasteiger charge is -2.39. The van der Waals surface area contributed by atoms with Crippen LogP contribution in [0.2, 0.25) is 0 Å². The van der Waals surface area contributed by atoms with Gasteiger partial charge in [0.2, 0.25) is 0 Å². The van der Waals surface area contributed by atoms with Crippen LogP contribution in [0.15, 0.2) is 0 Å². The first-order chi connectivity index (χ1) is 7.68. The van der Waals surface area contributed by atoms with Crippen molar-refractivity contribution in [2.24, 2.45) is 11.3 Å². The van der Waals surface area contributed by atoms with Gasteiger partial charge in [-0.15, -0.1) is 0 Å². The Hall–Kier alpha value is -0.120. The molecule has 0 bridgehead atoms. The second-order valence-electron chi connectivity index (χ2n) is 5.38. The molecule has 0 atom stereocenters. The van der Waals surface area contributed by atoms with Gasteiger partial charge in [0.1, 0.15) is 0 Å². The monoisotopic (exact) mass is 229 g/mol. The second kappa shape index (κ2) is 7.25. The maximum Gasteiger partial charge on any atom is 0.0587 e. The van der Waals surface area contributed by atoms with Gasteiger partial charge in [0, 0.05) is 33.4 Å². The van der Waals surface area contributed by atoms with Gasteiger partial charge in [-0.3, -0.25) is 0 Å². The summed E-state index contributed by atoms with van der Waals surface area (Å²) in [6, 6.07) is 0. The van der Waals surface area contributed by atoms with Crippen LogP contribution in [0.4, 0.5) is 0 Å². The van der Waals surface area contributed by atoms with Crippen molar-refractivity contribution in [1.82, 2.24) is 5.32 Å². The molecule has 0 aromatic heterocycles. The summed E-state index contributed by atoms with van der Waals surface area (Å²) >= 11 is 0. The van der Waals surface area contributed by atoms with Crippen LogP contribution in [0, 0.1) is 11.3 Å². The molecule has 0 amide bonds. The second-order valence-corrected chi connectivity index (χ2v) is 5.38. The molecule has 1 aliphatic rings. The normalized spacial score (nSPS) is 20.2. The Labute approximate surface area is 99.9 Å². The van der Waals surface area contributed by atoms with Gasteiger partial charge in [-0.1, -0.05) is 13.8 Å². The first kappa shape index (κ1) is 13.9. The van der Waals surface area contributed by atoms with E-state index in [2.05, 4.69) is 19.2 Å². The summed E-state index contributed by atoms with van der Waals surface area (Å²) in [5.41, 5.74) is 0.458. The highest BCUT2D eigenvalue weighted by atomic mass is 16.5. The van der Waals surface area contributed by atoms with Crippen molar-refractivity contribution in [3.63, 3.8) is 0 Å². The Morgan fingerprint density at radius 1 is 1.31 bits per heavy atom. The number of hydrogen-bond donors (Lipinski definition) is 1. The maximum absolute atomic E-state index is 5.48. The quantitative estimate of drug-likeness (QED) is 0.678. The van der Waals surface area contributed by atoms with Crippen molar-refractivity contribution in [2.45, 2.75) is 33.1 Å². The Bertz CT molecular complexity index is 177. The lowest BCUT2D eigenvalue weighted by Crippen LogP contribution is -2.41. The summed E-state index contributed by atoms with van der Waals surface area (Å²) in [6.07, 6.45) is 3.70. The zero-order valence-electron chi connectivity index (χ0n) is 11.1. The predicted molar refractivity (Wildman–Crippen MR) is 66.7 cm³/mol. The molecule has 0 radical (unpaired) electrons. The Morgan fingerprint density at radius 3 is 2.56 bits per heavy atom. The van der Waals surface area contributed by atoms with Crippen molar-refractivity contribution in [3.8, 4) is 0 Å². The van der Waals surface area contributed by atoms with E-state index in [0.717, 1.165) is 38.8 Å². The molecule has 96 valence electrons. The molecule has 1 fully saturated rings. The third-order valence-corrected chi connectivity index (χ3v) is 3.38. The highest BCUT2D eigenvalue weighted by molar-refractivity contribution is 4.85. The fourth-order valence-corrected chi connectivity index (χ4v) is 2.65. The zero-order chi connectivity index (χ0) is 11.9. The zero-order valence-corrected chi connectivity index (χ0v) is 11.1. The van der Waals surface area contributed by atoms with E-state index in [1.807, 2.05) is 0 Å². The molecule has 0 unspecified atom stereocenters. The third kappa shape index (κ3) is 4.81. The number of methoxy groups -OCH3 is 1. The molecule has 0 aromatic rings. The minimum Gasteiger partial charge on any atom is -0.383 e. The van der Waals surface area contributed by atoms with Crippen LogP contribution < -0.4 is 5.32 Å². The summed E-state index contributed by atoms with van der Waals surface area (Å²) in [5.74, 6) is 0.766. The van der Waals surface area contributed by atoms with Crippen molar-refractivity contribution >= 4 is 0 Å². The molecule has 0 aliphatic carbocycles. The van der Waals surface area contributed by atoms with Crippen LogP contribution >= 0.6 is 0 Å². The highest BCUT2D eigenvalue weighted by Crippen LogP contribution is 2.36. The Kier molecular flexibility index (Phi) is 6.32. The van der Waals surface area contributed by atoms with Gasteiger partial charge in [0.05, 0.1) is 6.61 Å². The van der Waals surface area contributed by atoms with Crippen LogP contribution in [0.1, 0.15) is 33.1 Å². The molecule has 1 heterocycles. The average Bonchev–Trinajstić information content (AvgIpc) is 2.25. The minimum atomic E-state index is 0.458. The molecule has 1 rings (SSSR count). The van der Waals surface area contributed by atoms with Crippen LogP contribution in [0.3, 0.4) is 0 Å². The first-order valence-electron chi connectivity index (χ1n) is 6.46. The van der Waals surface area contributed by atoms with Crippen LogP contribution in [-0.4, -0.2) is 40.0 Å². The first-order valence-corrected chi connectivity index (χ1v) is 6.46. The SMILES string of the molecule is COCCNCC1(CC(C)C)CCOCC1. The molecule has 1 N–H and O–H groups in total. The minimum absolute atomic E-state index is 0.458. The fourth-order valence-electron chi connectivity index (χ4n) is 2.65. The summed E-state index contributed by atoms with van der Waals surface area (Å²) in [6.45, 7) is 9.35. The summed E-state index contributed by atoms with van der Waals surface area (Å²) in [5, 5.41) is 3.52. The largest absolute Gasteiger partial charge is 0.383 e. The molecule has 3 heteroatoms. The smallest absolute Gasteiger partial charge is 0.0587 e. The molecule has 1 saturated heterocycles. The molecule has 0 spiro atoms. The van der Waals surface area contributed by atoms with E-state index in [9.17, 15) is 0 Å². The van der Waals surface area contributed by atoms with Crippen LogP contribution in [0.5, 0.6) is 0 Å². The van der Waals surface area contributed by atoms with E-state index in [0.29, 0.717) is 5.41 Å². The summed E-state index contributed by atoms with van der Waals surface area (Å²) in [4.78, 5) is 0. The number of nitrogens with one attached hydrogen (secondary N) is 1.